The van der Waals surface area contributed by atoms with Crippen molar-refractivity contribution in [1.82, 2.24) is 9.21 Å². The molecule has 1 aromatic heterocycles. The maximum atomic E-state index is 13.5. The number of halogens is 2. The van der Waals surface area contributed by atoms with Crippen LogP contribution in [0.15, 0.2) is 39.9 Å². The van der Waals surface area contributed by atoms with E-state index in [9.17, 15) is 22.0 Å². The maximum absolute atomic E-state index is 13.5. The molecular formula is C18H19F2N3O3S2. The summed E-state index contributed by atoms with van der Waals surface area (Å²) in [6, 6.07) is 4.16. The molecule has 0 radical (unpaired) electrons. The van der Waals surface area contributed by atoms with E-state index in [0.717, 1.165) is 17.8 Å². The van der Waals surface area contributed by atoms with Gasteiger partial charge in [-0.15, -0.1) is 0 Å². The van der Waals surface area contributed by atoms with Gasteiger partial charge >= 0.3 is 0 Å². The zero-order valence-corrected chi connectivity index (χ0v) is 16.8. The van der Waals surface area contributed by atoms with Gasteiger partial charge in [0.1, 0.15) is 11.6 Å². The molecule has 2 aliphatic heterocycles. The minimum absolute atomic E-state index is 0.0416. The van der Waals surface area contributed by atoms with Crippen LogP contribution in [0.5, 0.6) is 0 Å². The van der Waals surface area contributed by atoms with Crippen LogP contribution in [-0.2, 0) is 14.8 Å². The molecule has 3 heterocycles. The fraction of sp³-hybridized carbons (Fsp3) is 0.389. The highest BCUT2D eigenvalue weighted by atomic mass is 32.2. The summed E-state index contributed by atoms with van der Waals surface area (Å²) in [5, 5.41) is 3.77. The zero-order valence-electron chi connectivity index (χ0n) is 15.1. The molecule has 150 valence electrons. The van der Waals surface area contributed by atoms with E-state index in [1.165, 1.54) is 15.6 Å². The molecule has 10 heteroatoms. The lowest BCUT2D eigenvalue weighted by molar-refractivity contribution is -0.123. The first kappa shape index (κ1) is 19.4. The normalized spacial score (nSPS) is 24.4. The lowest BCUT2D eigenvalue weighted by Crippen LogP contribution is -2.64. The number of sulfonamides is 1. The molecule has 0 aliphatic carbocycles. The molecule has 2 aliphatic rings. The van der Waals surface area contributed by atoms with Gasteiger partial charge in [-0.05, 0) is 37.0 Å². The summed E-state index contributed by atoms with van der Waals surface area (Å²) in [5.74, 6) is -1.91. The SMILES string of the molecule is CN1CC(=O)N(c2ccsc2)C[C@@]12CCN(S(=O)(=O)c1cc(F)cc(F)c1)C2. The highest BCUT2D eigenvalue weighted by molar-refractivity contribution is 7.89. The van der Waals surface area contributed by atoms with Crippen molar-refractivity contribution < 1.29 is 22.0 Å². The van der Waals surface area contributed by atoms with Crippen LogP contribution in [0.2, 0.25) is 0 Å². The van der Waals surface area contributed by atoms with Crippen LogP contribution < -0.4 is 4.90 Å². The van der Waals surface area contributed by atoms with Crippen LogP contribution >= 0.6 is 11.3 Å². The second-order valence-corrected chi connectivity index (χ2v) is 9.95. The molecule has 0 unspecified atom stereocenters. The van der Waals surface area contributed by atoms with Gasteiger partial charge in [0.05, 0.1) is 22.7 Å². The summed E-state index contributed by atoms with van der Waals surface area (Å²) in [7, 11) is -2.24. The van der Waals surface area contributed by atoms with Crippen LogP contribution in [0.25, 0.3) is 0 Å². The predicted octanol–water partition coefficient (Wildman–Crippen LogP) is 2.14. The number of carbonyl (C=O) groups excluding carboxylic acids is 1. The van der Waals surface area contributed by atoms with Crippen molar-refractivity contribution in [3.8, 4) is 0 Å². The number of hydrogen-bond acceptors (Lipinski definition) is 5. The van der Waals surface area contributed by atoms with Crippen LogP contribution in [-0.4, -0.2) is 62.3 Å². The lowest BCUT2D eigenvalue weighted by atomic mass is 9.93. The van der Waals surface area contributed by atoms with E-state index in [4.69, 9.17) is 0 Å². The minimum Gasteiger partial charge on any atom is -0.309 e. The molecule has 6 nitrogen and oxygen atoms in total. The average molecular weight is 427 g/mol. The molecule has 0 bridgehead atoms. The zero-order chi connectivity index (χ0) is 20.1. The number of thiophene rings is 1. The van der Waals surface area contributed by atoms with Crippen molar-refractivity contribution in [3.63, 3.8) is 0 Å². The Hall–Kier alpha value is -1.88. The molecule has 28 heavy (non-hydrogen) atoms. The summed E-state index contributed by atoms with van der Waals surface area (Å²) >= 11 is 1.49. The summed E-state index contributed by atoms with van der Waals surface area (Å²) in [6.45, 7) is 0.912. The number of piperazine rings is 1. The Morgan fingerprint density at radius 1 is 1.14 bits per heavy atom. The molecule has 1 aromatic carbocycles. The molecular weight excluding hydrogens is 408 g/mol. The Bertz CT molecular complexity index is 993. The Morgan fingerprint density at radius 2 is 1.86 bits per heavy atom. The standard InChI is InChI=1S/C18H19F2N3O3S2/c1-21-9-17(24)23(15-2-5-27-10-15)12-18(21)3-4-22(11-18)28(25,26)16-7-13(19)6-14(20)8-16/h2,5-8,10H,3-4,9,11-12H2,1H3/t18-/m0/s1. The van der Waals surface area contributed by atoms with Crippen molar-refractivity contribution in [1.29, 1.82) is 0 Å². The molecule has 2 saturated heterocycles. The first-order valence-electron chi connectivity index (χ1n) is 8.71. The smallest absolute Gasteiger partial charge is 0.243 e. The van der Waals surface area contributed by atoms with Gasteiger partial charge in [-0.2, -0.15) is 15.6 Å². The molecule has 1 amide bonds. The van der Waals surface area contributed by atoms with Crippen LogP contribution in [0.1, 0.15) is 6.42 Å². The third kappa shape index (κ3) is 3.24. The number of anilines is 1. The highest BCUT2D eigenvalue weighted by Crippen LogP contribution is 2.36. The summed E-state index contributed by atoms with van der Waals surface area (Å²) < 4.78 is 54.2. The number of hydrogen-bond donors (Lipinski definition) is 0. The molecule has 1 atom stereocenters. The van der Waals surface area contributed by atoms with Crippen LogP contribution in [0, 0.1) is 11.6 Å². The lowest BCUT2D eigenvalue weighted by Gasteiger charge is -2.46. The fourth-order valence-electron chi connectivity index (χ4n) is 3.90. The predicted molar refractivity (Wildman–Crippen MR) is 102 cm³/mol. The van der Waals surface area contributed by atoms with Crippen LogP contribution in [0.4, 0.5) is 14.5 Å². The number of benzene rings is 1. The van der Waals surface area contributed by atoms with Gasteiger partial charge in [-0.25, -0.2) is 17.2 Å². The Morgan fingerprint density at radius 3 is 2.50 bits per heavy atom. The summed E-state index contributed by atoms with van der Waals surface area (Å²) in [4.78, 5) is 15.7. The monoisotopic (exact) mass is 427 g/mol. The van der Waals surface area contributed by atoms with E-state index in [1.807, 2.05) is 21.7 Å². The molecule has 4 rings (SSSR count). The fourth-order valence-corrected chi connectivity index (χ4v) is 6.10. The average Bonchev–Trinajstić information content (AvgIpc) is 3.29. The van der Waals surface area contributed by atoms with Crippen molar-refractivity contribution in [2.24, 2.45) is 0 Å². The summed E-state index contributed by atoms with van der Waals surface area (Å²) in [5.41, 5.74) is 0.255. The number of nitrogens with zero attached hydrogens (tertiary/aromatic N) is 3. The quantitative estimate of drug-likeness (QED) is 0.753. The number of amides is 1. The first-order chi connectivity index (χ1) is 13.2. The van der Waals surface area contributed by atoms with Gasteiger partial charge in [0.25, 0.3) is 0 Å². The maximum Gasteiger partial charge on any atom is 0.243 e. The Kier molecular flexibility index (Phi) is 4.77. The third-order valence-electron chi connectivity index (χ3n) is 5.52. The molecule has 0 N–H and O–H groups in total. The summed E-state index contributed by atoms with van der Waals surface area (Å²) in [6.07, 6.45) is 0.522. The van der Waals surface area contributed by atoms with E-state index in [0.29, 0.717) is 19.0 Å². The minimum atomic E-state index is -4.04. The Labute approximate surface area is 166 Å². The second-order valence-electron chi connectivity index (χ2n) is 7.24. The van der Waals surface area contributed by atoms with Crippen molar-refractivity contribution in [2.75, 3.05) is 38.1 Å². The van der Waals surface area contributed by atoms with Crippen molar-refractivity contribution in [3.05, 3.63) is 46.7 Å². The first-order valence-corrected chi connectivity index (χ1v) is 11.1. The van der Waals surface area contributed by atoms with Gasteiger partial charge in [0, 0.05) is 31.1 Å². The third-order valence-corrected chi connectivity index (χ3v) is 8.02. The van der Waals surface area contributed by atoms with E-state index < -0.39 is 32.1 Å². The largest absolute Gasteiger partial charge is 0.309 e. The highest BCUT2D eigenvalue weighted by Gasteiger charge is 2.50. The van der Waals surface area contributed by atoms with Crippen molar-refractivity contribution >= 4 is 33.0 Å². The van der Waals surface area contributed by atoms with Crippen LogP contribution in [0.3, 0.4) is 0 Å². The number of likely N-dealkylation sites (N-methyl/N-ethyl adjacent to an activating group) is 1. The van der Waals surface area contributed by atoms with Gasteiger partial charge in [0.2, 0.25) is 15.9 Å². The van der Waals surface area contributed by atoms with E-state index in [2.05, 4.69) is 0 Å². The van der Waals surface area contributed by atoms with Gasteiger partial charge < -0.3 is 4.90 Å². The molecule has 0 saturated carbocycles. The van der Waals surface area contributed by atoms with E-state index in [-0.39, 0.29) is 25.5 Å². The number of rotatable bonds is 3. The number of carbonyl (C=O) groups is 1. The van der Waals surface area contributed by atoms with Crippen molar-refractivity contribution in [2.45, 2.75) is 16.9 Å². The molecule has 2 aromatic rings. The van der Waals surface area contributed by atoms with Gasteiger partial charge in [-0.1, -0.05) is 0 Å². The topological polar surface area (TPSA) is 60.9 Å². The van der Waals surface area contributed by atoms with E-state index in [1.54, 1.807) is 11.9 Å². The Balaban J connectivity index is 1.62. The van der Waals surface area contributed by atoms with Gasteiger partial charge in [-0.3, -0.25) is 9.69 Å². The van der Waals surface area contributed by atoms with E-state index >= 15 is 0 Å². The molecule has 1 spiro atoms. The molecule has 2 fully saturated rings. The second kappa shape index (κ2) is 6.87. The van der Waals surface area contributed by atoms with Gasteiger partial charge in [0.15, 0.2) is 0 Å².